The average Bonchev–Trinajstić information content (AvgIpc) is 2.59. The summed E-state index contributed by atoms with van der Waals surface area (Å²) in [5.41, 5.74) is 0. The number of thiophene rings is 1. The number of hydrogen-bond donors (Lipinski definition) is 1. The van der Waals surface area contributed by atoms with Gasteiger partial charge >= 0.3 is 0 Å². The molecule has 1 N–H and O–H groups in total. The van der Waals surface area contributed by atoms with E-state index in [-0.39, 0.29) is 6.04 Å². The molecule has 0 radical (unpaired) electrons. The van der Waals surface area contributed by atoms with Crippen molar-refractivity contribution in [3.63, 3.8) is 0 Å². The lowest BCUT2D eigenvalue weighted by Crippen LogP contribution is -2.36. The molecular formula is C11H16BrNO2S2. The first-order chi connectivity index (χ1) is 7.99. The van der Waals surface area contributed by atoms with Gasteiger partial charge < -0.3 is 0 Å². The maximum absolute atomic E-state index is 12.2. The summed E-state index contributed by atoms with van der Waals surface area (Å²) in [4.78, 5) is 1.25. The van der Waals surface area contributed by atoms with E-state index >= 15 is 0 Å². The zero-order chi connectivity index (χ0) is 12.5. The van der Waals surface area contributed by atoms with E-state index in [9.17, 15) is 8.42 Å². The standard InChI is InChI=1S/C11H16BrNO2S2/c1-8-10(7-11(12)16-8)17(14,15)13-9-5-3-2-4-6-9/h7,9,13H,2-6H2,1H3. The van der Waals surface area contributed by atoms with Crippen molar-refractivity contribution in [2.75, 3.05) is 0 Å². The van der Waals surface area contributed by atoms with Crippen molar-refractivity contribution in [2.45, 2.75) is 50.0 Å². The first kappa shape index (κ1) is 13.5. The summed E-state index contributed by atoms with van der Waals surface area (Å²) < 4.78 is 28.1. The molecule has 2 rings (SSSR count). The summed E-state index contributed by atoms with van der Waals surface area (Å²) in [7, 11) is -3.34. The van der Waals surface area contributed by atoms with Crippen molar-refractivity contribution in [1.82, 2.24) is 4.72 Å². The molecule has 1 fully saturated rings. The van der Waals surface area contributed by atoms with Crippen LogP contribution >= 0.6 is 27.3 Å². The molecule has 1 aliphatic rings. The lowest BCUT2D eigenvalue weighted by Gasteiger charge is -2.22. The van der Waals surface area contributed by atoms with E-state index in [1.54, 1.807) is 6.07 Å². The molecule has 17 heavy (non-hydrogen) atoms. The van der Waals surface area contributed by atoms with E-state index in [1.165, 1.54) is 17.8 Å². The summed E-state index contributed by atoms with van der Waals surface area (Å²) in [6.45, 7) is 1.84. The molecule has 1 heterocycles. The fourth-order valence-electron chi connectivity index (χ4n) is 2.20. The van der Waals surface area contributed by atoms with E-state index in [2.05, 4.69) is 20.7 Å². The van der Waals surface area contributed by atoms with Crippen LogP contribution in [0.25, 0.3) is 0 Å². The van der Waals surface area contributed by atoms with Crippen LogP contribution in [-0.4, -0.2) is 14.5 Å². The number of rotatable bonds is 3. The van der Waals surface area contributed by atoms with Crippen molar-refractivity contribution in [1.29, 1.82) is 0 Å². The van der Waals surface area contributed by atoms with Gasteiger partial charge in [-0.3, -0.25) is 0 Å². The van der Waals surface area contributed by atoms with Gasteiger partial charge in [-0.2, -0.15) is 0 Å². The first-order valence-electron chi connectivity index (χ1n) is 5.77. The molecular weight excluding hydrogens is 322 g/mol. The zero-order valence-electron chi connectivity index (χ0n) is 9.70. The van der Waals surface area contributed by atoms with Crippen molar-refractivity contribution in [3.8, 4) is 0 Å². The second-order valence-corrected chi connectivity index (χ2v) is 8.75. The van der Waals surface area contributed by atoms with Gasteiger partial charge in [0, 0.05) is 10.9 Å². The molecule has 0 amide bonds. The van der Waals surface area contributed by atoms with E-state index in [0.717, 1.165) is 34.3 Å². The van der Waals surface area contributed by atoms with Gasteiger partial charge in [0.25, 0.3) is 0 Å². The second kappa shape index (κ2) is 5.38. The molecule has 0 aliphatic heterocycles. The summed E-state index contributed by atoms with van der Waals surface area (Å²) in [6, 6.07) is 1.80. The SMILES string of the molecule is Cc1sc(Br)cc1S(=O)(=O)NC1CCCCC1. The Balaban J connectivity index is 2.15. The van der Waals surface area contributed by atoms with E-state index in [0.29, 0.717) is 4.90 Å². The molecule has 0 unspecified atom stereocenters. The number of hydrogen-bond acceptors (Lipinski definition) is 3. The van der Waals surface area contributed by atoms with Gasteiger partial charge in [-0.15, -0.1) is 11.3 Å². The summed E-state index contributed by atoms with van der Waals surface area (Å²) in [5, 5.41) is 0. The summed E-state index contributed by atoms with van der Waals surface area (Å²) in [6.07, 6.45) is 5.40. The van der Waals surface area contributed by atoms with E-state index in [4.69, 9.17) is 0 Å². The maximum Gasteiger partial charge on any atom is 0.241 e. The minimum Gasteiger partial charge on any atom is -0.208 e. The Morgan fingerprint density at radius 3 is 2.53 bits per heavy atom. The van der Waals surface area contributed by atoms with Gasteiger partial charge in [-0.1, -0.05) is 19.3 Å². The van der Waals surface area contributed by atoms with Gasteiger partial charge in [0.1, 0.15) is 0 Å². The quantitative estimate of drug-likeness (QED) is 0.918. The van der Waals surface area contributed by atoms with Crippen LogP contribution in [-0.2, 0) is 10.0 Å². The molecule has 0 spiro atoms. The third kappa shape index (κ3) is 3.30. The van der Waals surface area contributed by atoms with Crippen LogP contribution in [0, 0.1) is 6.92 Å². The largest absolute Gasteiger partial charge is 0.241 e. The van der Waals surface area contributed by atoms with Crippen molar-refractivity contribution in [3.05, 3.63) is 14.7 Å². The van der Waals surface area contributed by atoms with Crippen LogP contribution in [0.5, 0.6) is 0 Å². The van der Waals surface area contributed by atoms with Crippen molar-refractivity contribution in [2.24, 2.45) is 0 Å². The fourth-order valence-corrected chi connectivity index (χ4v) is 5.92. The Morgan fingerprint density at radius 2 is 2.00 bits per heavy atom. The molecule has 6 heteroatoms. The Hall–Kier alpha value is 0.0900. The molecule has 1 saturated carbocycles. The minimum atomic E-state index is -3.34. The number of halogens is 1. The molecule has 96 valence electrons. The smallest absolute Gasteiger partial charge is 0.208 e. The average molecular weight is 338 g/mol. The van der Waals surface area contributed by atoms with Crippen LogP contribution in [0.15, 0.2) is 14.7 Å². The summed E-state index contributed by atoms with van der Waals surface area (Å²) >= 11 is 4.78. The Kier molecular flexibility index (Phi) is 4.28. The maximum atomic E-state index is 12.2. The first-order valence-corrected chi connectivity index (χ1v) is 8.86. The van der Waals surface area contributed by atoms with Gasteiger partial charge in [-0.05, 0) is 41.8 Å². The van der Waals surface area contributed by atoms with Crippen molar-refractivity contribution >= 4 is 37.3 Å². The van der Waals surface area contributed by atoms with Crippen LogP contribution in [0.3, 0.4) is 0 Å². The van der Waals surface area contributed by atoms with Crippen LogP contribution in [0.2, 0.25) is 0 Å². The topological polar surface area (TPSA) is 46.2 Å². The molecule has 3 nitrogen and oxygen atoms in total. The number of nitrogens with one attached hydrogen (secondary N) is 1. The van der Waals surface area contributed by atoms with Crippen LogP contribution < -0.4 is 4.72 Å². The predicted molar refractivity (Wildman–Crippen MR) is 74.0 cm³/mol. The van der Waals surface area contributed by atoms with Crippen LogP contribution in [0.4, 0.5) is 0 Å². The van der Waals surface area contributed by atoms with Gasteiger partial charge in [0.05, 0.1) is 8.68 Å². The van der Waals surface area contributed by atoms with E-state index in [1.807, 2.05) is 6.92 Å². The molecule has 0 atom stereocenters. The Labute approximate surface area is 115 Å². The van der Waals surface area contributed by atoms with Crippen molar-refractivity contribution < 1.29 is 8.42 Å². The lowest BCUT2D eigenvalue weighted by molar-refractivity contribution is 0.412. The molecule has 0 aromatic carbocycles. The fraction of sp³-hybridized carbons (Fsp3) is 0.636. The highest BCUT2D eigenvalue weighted by Crippen LogP contribution is 2.30. The normalized spacial score (nSPS) is 18.5. The predicted octanol–water partition coefficient (Wildman–Crippen LogP) is 3.43. The highest BCUT2D eigenvalue weighted by atomic mass is 79.9. The van der Waals surface area contributed by atoms with Gasteiger partial charge in [0.15, 0.2) is 0 Å². The third-order valence-electron chi connectivity index (χ3n) is 3.06. The zero-order valence-corrected chi connectivity index (χ0v) is 12.9. The Morgan fingerprint density at radius 1 is 1.35 bits per heavy atom. The minimum absolute atomic E-state index is 0.117. The molecule has 1 aromatic heterocycles. The highest BCUT2D eigenvalue weighted by molar-refractivity contribution is 9.11. The molecule has 1 aromatic rings. The molecule has 0 bridgehead atoms. The molecule has 0 saturated heterocycles. The van der Waals surface area contributed by atoms with Gasteiger partial charge in [-0.25, -0.2) is 13.1 Å². The molecule has 1 aliphatic carbocycles. The van der Waals surface area contributed by atoms with E-state index < -0.39 is 10.0 Å². The lowest BCUT2D eigenvalue weighted by atomic mass is 9.96. The monoisotopic (exact) mass is 337 g/mol. The second-order valence-electron chi connectivity index (χ2n) is 4.43. The highest BCUT2D eigenvalue weighted by Gasteiger charge is 2.24. The Bertz CT molecular complexity index is 490. The number of aryl methyl sites for hydroxylation is 1. The van der Waals surface area contributed by atoms with Gasteiger partial charge in [0.2, 0.25) is 10.0 Å². The van der Waals surface area contributed by atoms with Crippen LogP contribution in [0.1, 0.15) is 37.0 Å². The summed E-state index contributed by atoms with van der Waals surface area (Å²) in [5.74, 6) is 0. The third-order valence-corrected chi connectivity index (χ3v) is 6.39. The number of sulfonamides is 1.